The predicted molar refractivity (Wildman–Crippen MR) is 114 cm³/mol. The third kappa shape index (κ3) is 6.64. The minimum Gasteiger partial charge on any atom is -0.251 e. The van der Waals surface area contributed by atoms with Crippen LogP contribution < -0.4 is 0 Å². The van der Waals surface area contributed by atoms with Gasteiger partial charge in [-0.1, -0.05) is 62.7 Å². The van der Waals surface area contributed by atoms with Crippen molar-refractivity contribution in [3.63, 3.8) is 0 Å². The van der Waals surface area contributed by atoms with Crippen LogP contribution in [-0.2, 0) is 0 Å². The van der Waals surface area contributed by atoms with E-state index in [-0.39, 0.29) is 6.67 Å². The van der Waals surface area contributed by atoms with E-state index in [1.807, 2.05) is 0 Å². The Morgan fingerprint density at radius 1 is 0.786 bits per heavy atom. The number of rotatable bonds is 9. The van der Waals surface area contributed by atoms with Crippen LogP contribution in [0, 0.1) is 23.5 Å². The zero-order chi connectivity index (χ0) is 19.8. The summed E-state index contributed by atoms with van der Waals surface area (Å²) in [5, 5.41) is 0. The van der Waals surface area contributed by atoms with Gasteiger partial charge in [0.25, 0.3) is 0 Å². The molecule has 0 nitrogen and oxygen atoms in total. The normalized spacial score (nSPS) is 28.4. The van der Waals surface area contributed by atoms with Gasteiger partial charge in [-0.2, -0.15) is 0 Å². The van der Waals surface area contributed by atoms with E-state index in [1.165, 1.54) is 81.6 Å². The topological polar surface area (TPSA) is 0 Å². The van der Waals surface area contributed by atoms with Gasteiger partial charge in [0.15, 0.2) is 11.6 Å². The lowest BCUT2D eigenvalue weighted by atomic mass is 9.77. The highest BCUT2D eigenvalue weighted by atomic mass is 28.3. The number of halogens is 3. The zero-order valence-corrected chi connectivity index (χ0v) is 18.4. The summed E-state index contributed by atoms with van der Waals surface area (Å²) in [5.41, 5.74) is 0.975. The summed E-state index contributed by atoms with van der Waals surface area (Å²) in [6.45, 7) is -0.115. The quantitative estimate of drug-likeness (QED) is 0.288. The molecular formula is C24H37F3Si. The van der Waals surface area contributed by atoms with Crippen LogP contribution in [0.25, 0.3) is 0 Å². The van der Waals surface area contributed by atoms with Crippen LogP contribution in [0.15, 0.2) is 18.2 Å². The second-order valence-electron chi connectivity index (χ2n) is 9.39. The molecule has 158 valence electrons. The molecule has 1 saturated heterocycles. The van der Waals surface area contributed by atoms with Crippen LogP contribution in [0.1, 0.15) is 82.1 Å². The maximum absolute atomic E-state index is 13.5. The van der Waals surface area contributed by atoms with Crippen molar-refractivity contribution < 1.29 is 13.2 Å². The smallest absolute Gasteiger partial charge is 0.159 e. The number of hydrogen-bond acceptors (Lipinski definition) is 0. The van der Waals surface area contributed by atoms with E-state index in [1.54, 1.807) is 6.07 Å². The molecule has 1 aromatic carbocycles. The fourth-order valence-corrected chi connectivity index (χ4v) is 9.07. The Morgan fingerprint density at radius 3 is 2.04 bits per heavy atom. The molecule has 2 aliphatic rings. The van der Waals surface area contributed by atoms with E-state index in [0.717, 1.165) is 36.7 Å². The van der Waals surface area contributed by atoms with Gasteiger partial charge in [0.1, 0.15) is 0 Å². The molecule has 0 bridgehead atoms. The highest BCUT2D eigenvalue weighted by molar-refractivity contribution is 6.58. The maximum atomic E-state index is 13.5. The lowest BCUT2D eigenvalue weighted by molar-refractivity contribution is 0.296. The molecule has 1 aliphatic carbocycles. The third-order valence-corrected chi connectivity index (χ3v) is 11.0. The van der Waals surface area contributed by atoms with Crippen molar-refractivity contribution in [2.24, 2.45) is 11.8 Å². The molecule has 4 heteroatoms. The Hall–Kier alpha value is -0.773. The first-order chi connectivity index (χ1) is 13.7. The summed E-state index contributed by atoms with van der Waals surface area (Å²) in [5.74, 6) is 0.721. The molecule has 1 aromatic rings. The Labute approximate surface area is 170 Å². The van der Waals surface area contributed by atoms with Crippen molar-refractivity contribution in [3.8, 4) is 0 Å². The van der Waals surface area contributed by atoms with Crippen molar-refractivity contribution in [1.82, 2.24) is 0 Å². The monoisotopic (exact) mass is 410 g/mol. The molecule has 1 aliphatic heterocycles. The van der Waals surface area contributed by atoms with Gasteiger partial charge < -0.3 is 0 Å². The summed E-state index contributed by atoms with van der Waals surface area (Å²) < 4.78 is 38.9. The summed E-state index contributed by atoms with van der Waals surface area (Å²) in [4.78, 5) is 0. The van der Waals surface area contributed by atoms with E-state index in [0.29, 0.717) is 5.92 Å². The average Bonchev–Trinajstić information content (AvgIpc) is 2.73. The average molecular weight is 411 g/mol. The predicted octanol–water partition coefficient (Wildman–Crippen LogP) is 7.80. The van der Waals surface area contributed by atoms with Crippen molar-refractivity contribution in [1.29, 1.82) is 0 Å². The maximum Gasteiger partial charge on any atom is 0.159 e. The fourth-order valence-electron chi connectivity index (χ4n) is 5.59. The highest BCUT2D eigenvalue weighted by Gasteiger charge is 2.24. The van der Waals surface area contributed by atoms with Gasteiger partial charge in [0.2, 0.25) is 0 Å². The van der Waals surface area contributed by atoms with Gasteiger partial charge in [-0.3, -0.25) is 4.39 Å². The van der Waals surface area contributed by atoms with Crippen LogP contribution in [0.2, 0.25) is 18.1 Å². The van der Waals surface area contributed by atoms with Crippen LogP contribution in [-0.4, -0.2) is 15.5 Å². The van der Waals surface area contributed by atoms with E-state index in [4.69, 9.17) is 0 Å². The van der Waals surface area contributed by atoms with Crippen LogP contribution in [0.3, 0.4) is 0 Å². The number of unbranched alkanes of at least 4 members (excludes halogenated alkanes) is 1. The summed E-state index contributed by atoms with van der Waals surface area (Å²) in [7, 11) is -0.569. The minimum absolute atomic E-state index is 0.115. The summed E-state index contributed by atoms with van der Waals surface area (Å²) in [6, 6.07) is 8.58. The van der Waals surface area contributed by atoms with Gasteiger partial charge in [-0.15, -0.1) is 0 Å². The highest BCUT2D eigenvalue weighted by Crippen LogP contribution is 2.38. The number of alkyl halides is 1. The molecule has 1 saturated carbocycles. The van der Waals surface area contributed by atoms with E-state index in [2.05, 4.69) is 0 Å². The summed E-state index contributed by atoms with van der Waals surface area (Å²) >= 11 is 0. The van der Waals surface area contributed by atoms with Gasteiger partial charge in [-0.25, -0.2) is 8.78 Å². The van der Waals surface area contributed by atoms with Crippen LogP contribution in [0.4, 0.5) is 13.2 Å². The van der Waals surface area contributed by atoms with Crippen molar-refractivity contribution in [2.75, 3.05) is 6.67 Å². The molecule has 0 spiro atoms. The number of hydrogen-bond donors (Lipinski definition) is 0. The largest absolute Gasteiger partial charge is 0.251 e. The molecule has 2 fully saturated rings. The van der Waals surface area contributed by atoms with Gasteiger partial charge >= 0.3 is 0 Å². The second-order valence-corrected chi connectivity index (χ2v) is 12.9. The molecule has 0 amide bonds. The van der Waals surface area contributed by atoms with Crippen molar-refractivity contribution >= 4 is 8.80 Å². The molecule has 0 N–H and O–H groups in total. The number of benzene rings is 1. The Balaban J connectivity index is 1.26. The van der Waals surface area contributed by atoms with Gasteiger partial charge in [0, 0.05) is 8.80 Å². The van der Waals surface area contributed by atoms with Crippen LogP contribution in [0.5, 0.6) is 0 Å². The molecule has 0 aromatic heterocycles. The molecule has 0 radical (unpaired) electrons. The molecule has 28 heavy (non-hydrogen) atoms. The van der Waals surface area contributed by atoms with Crippen molar-refractivity contribution in [3.05, 3.63) is 35.4 Å². The molecule has 1 heterocycles. The van der Waals surface area contributed by atoms with E-state index >= 15 is 0 Å². The minimum atomic E-state index is -0.743. The standard InChI is InChI=1S/C24H37F3Si/c25-14-3-15-28-16-12-20(13-17-28)5-2-1-4-19-6-8-21(9-7-19)22-10-11-23(26)24(27)18-22/h10-11,18-21,28H,1-9,12-17H2/t19-,20?,21-,28?. The van der Waals surface area contributed by atoms with Gasteiger partial charge in [0.05, 0.1) is 6.67 Å². The lowest BCUT2D eigenvalue weighted by Crippen LogP contribution is -2.21. The second kappa shape index (κ2) is 11.4. The lowest BCUT2D eigenvalue weighted by Gasteiger charge is -2.29. The molecule has 0 atom stereocenters. The molecule has 0 unspecified atom stereocenters. The Kier molecular flexibility index (Phi) is 8.94. The first kappa shape index (κ1) is 21.9. The molecule has 3 rings (SSSR count). The first-order valence-electron chi connectivity index (χ1n) is 11.7. The zero-order valence-electron chi connectivity index (χ0n) is 17.3. The third-order valence-electron chi connectivity index (χ3n) is 7.45. The SMILES string of the molecule is FCCC[SiH]1CCC(CCCC[C@H]2CC[C@H](c3ccc(F)c(F)c3)CC2)CC1. The Morgan fingerprint density at radius 2 is 1.43 bits per heavy atom. The molecular weight excluding hydrogens is 373 g/mol. The van der Waals surface area contributed by atoms with Crippen molar-refractivity contribution in [2.45, 2.75) is 94.7 Å². The van der Waals surface area contributed by atoms with Crippen LogP contribution >= 0.6 is 0 Å². The van der Waals surface area contributed by atoms with E-state index in [9.17, 15) is 13.2 Å². The Bertz CT molecular complexity index is 575. The van der Waals surface area contributed by atoms with E-state index < -0.39 is 20.4 Å². The summed E-state index contributed by atoms with van der Waals surface area (Å²) in [6.07, 6.45) is 13.8. The van der Waals surface area contributed by atoms with Gasteiger partial charge in [-0.05, 0) is 67.6 Å². The first-order valence-corrected chi connectivity index (χ1v) is 14.1. The fraction of sp³-hybridized carbons (Fsp3) is 0.750.